The van der Waals surface area contributed by atoms with Crippen molar-refractivity contribution >= 4 is 50.8 Å². The fourth-order valence-corrected chi connectivity index (χ4v) is 4.66. The Hall–Kier alpha value is -2.45. The molecule has 188 valence electrons. The highest BCUT2D eigenvalue weighted by molar-refractivity contribution is 9.10. The lowest BCUT2D eigenvalue weighted by molar-refractivity contribution is 0.0698. The van der Waals surface area contributed by atoms with Crippen LogP contribution in [0.25, 0.3) is 0 Å². The summed E-state index contributed by atoms with van der Waals surface area (Å²) >= 11 is 8.87. The van der Waals surface area contributed by atoms with Crippen LogP contribution in [-0.4, -0.2) is 41.5 Å². The van der Waals surface area contributed by atoms with Crippen molar-refractivity contribution in [1.29, 1.82) is 0 Å². The molecule has 1 aliphatic heterocycles. The van der Waals surface area contributed by atoms with Gasteiger partial charge in [-0.25, -0.2) is 0 Å². The van der Waals surface area contributed by atoms with Crippen LogP contribution in [0.1, 0.15) is 73.1 Å². The lowest BCUT2D eigenvalue weighted by atomic mass is 9.98. The Kier molecular flexibility index (Phi) is 10.5. The number of carbonyl (C=O) groups is 2. The zero-order chi connectivity index (χ0) is 25.2. The number of halogens is 1. The normalized spacial score (nSPS) is 13.9. The Labute approximate surface area is 221 Å². The van der Waals surface area contributed by atoms with Crippen molar-refractivity contribution in [1.82, 2.24) is 10.2 Å². The molecule has 8 heteroatoms. The first kappa shape index (κ1) is 27.1. The number of rotatable bonds is 9. The number of carbonyl (C=O) groups excluding carboxylic acids is 2. The van der Waals surface area contributed by atoms with E-state index in [0.717, 1.165) is 38.8 Å². The van der Waals surface area contributed by atoms with Gasteiger partial charge in [0.15, 0.2) is 5.11 Å². The van der Waals surface area contributed by atoms with Gasteiger partial charge >= 0.3 is 0 Å². The Bertz CT molecular complexity index is 1040. The number of para-hydroxylation sites is 1. The molecule has 2 aromatic carbocycles. The van der Waals surface area contributed by atoms with Gasteiger partial charge in [-0.2, -0.15) is 0 Å². The van der Waals surface area contributed by atoms with E-state index in [1.807, 2.05) is 17.0 Å². The molecule has 6 nitrogen and oxygen atoms in total. The summed E-state index contributed by atoms with van der Waals surface area (Å²) < 4.78 is 6.53. The minimum atomic E-state index is -0.341. The van der Waals surface area contributed by atoms with E-state index in [0.29, 0.717) is 39.6 Å². The first-order valence-corrected chi connectivity index (χ1v) is 13.5. The summed E-state index contributed by atoms with van der Waals surface area (Å²) in [6, 6.07) is 12.4. The van der Waals surface area contributed by atoms with Gasteiger partial charge in [-0.1, -0.05) is 45.2 Å². The third-order valence-corrected chi connectivity index (χ3v) is 6.98. The molecule has 0 radical (unpaired) electrons. The van der Waals surface area contributed by atoms with Gasteiger partial charge in [0.1, 0.15) is 5.75 Å². The molecule has 1 fully saturated rings. The lowest BCUT2D eigenvalue weighted by Crippen LogP contribution is -2.39. The number of thiocarbonyl (C=S) groups is 1. The van der Waals surface area contributed by atoms with Crippen LogP contribution in [0.5, 0.6) is 5.75 Å². The van der Waals surface area contributed by atoms with Crippen LogP contribution in [0.2, 0.25) is 0 Å². The van der Waals surface area contributed by atoms with Gasteiger partial charge < -0.3 is 15.0 Å². The Morgan fingerprint density at radius 2 is 1.86 bits per heavy atom. The van der Waals surface area contributed by atoms with Gasteiger partial charge in [0.05, 0.1) is 22.3 Å². The van der Waals surface area contributed by atoms with Gasteiger partial charge in [-0.15, -0.1) is 0 Å². The van der Waals surface area contributed by atoms with Crippen molar-refractivity contribution in [3.05, 3.63) is 58.1 Å². The average Bonchev–Trinajstić information content (AvgIpc) is 2.85. The standard InChI is InChI=1S/C27H34BrN3O3S/c1-3-4-5-8-17-34-24-12-11-20(18-22(24)28)25(32)30-27(35)29-23-10-7-6-9-21(23)26(33)31-15-13-19(2)14-16-31/h6-7,9-12,18-19H,3-5,8,13-17H2,1-2H3,(H2,29,30,32,35). The Morgan fingerprint density at radius 3 is 2.57 bits per heavy atom. The zero-order valence-electron chi connectivity index (χ0n) is 20.4. The van der Waals surface area contributed by atoms with E-state index in [-0.39, 0.29) is 16.9 Å². The number of hydrogen-bond donors (Lipinski definition) is 2. The molecule has 0 aromatic heterocycles. The van der Waals surface area contributed by atoms with E-state index < -0.39 is 0 Å². The van der Waals surface area contributed by atoms with E-state index in [9.17, 15) is 9.59 Å². The van der Waals surface area contributed by atoms with Crippen molar-refractivity contribution in [2.45, 2.75) is 52.4 Å². The van der Waals surface area contributed by atoms with Gasteiger partial charge in [-0.05, 0) is 83.7 Å². The first-order chi connectivity index (χ1) is 16.9. The molecule has 0 aliphatic carbocycles. The van der Waals surface area contributed by atoms with E-state index in [4.69, 9.17) is 17.0 Å². The highest BCUT2D eigenvalue weighted by Crippen LogP contribution is 2.26. The second-order valence-electron chi connectivity index (χ2n) is 8.98. The van der Waals surface area contributed by atoms with Gasteiger partial charge in [0.25, 0.3) is 11.8 Å². The molecule has 0 unspecified atom stereocenters. The van der Waals surface area contributed by atoms with Crippen molar-refractivity contribution in [2.24, 2.45) is 5.92 Å². The average molecular weight is 561 g/mol. The van der Waals surface area contributed by atoms with Crippen molar-refractivity contribution in [3.63, 3.8) is 0 Å². The predicted octanol–water partition coefficient (Wildman–Crippen LogP) is 6.41. The van der Waals surface area contributed by atoms with Crippen LogP contribution in [0.15, 0.2) is 46.9 Å². The topological polar surface area (TPSA) is 70.7 Å². The minimum absolute atomic E-state index is 0.0247. The quantitative estimate of drug-likeness (QED) is 0.274. The number of anilines is 1. The van der Waals surface area contributed by atoms with Crippen LogP contribution >= 0.6 is 28.1 Å². The molecule has 2 amide bonds. The summed E-state index contributed by atoms with van der Waals surface area (Å²) in [5.74, 6) is 0.981. The second-order valence-corrected chi connectivity index (χ2v) is 10.2. The number of amides is 2. The number of piperidine rings is 1. The Morgan fingerprint density at radius 1 is 1.11 bits per heavy atom. The van der Waals surface area contributed by atoms with Crippen molar-refractivity contribution in [2.75, 3.05) is 25.0 Å². The van der Waals surface area contributed by atoms with Crippen LogP contribution < -0.4 is 15.4 Å². The third kappa shape index (κ3) is 8.04. The smallest absolute Gasteiger partial charge is 0.257 e. The summed E-state index contributed by atoms with van der Waals surface area (Å²) in [6.45, 7) is 6.54. The maximum Gasteiger partial charge on any atom is 0.257 e. The molecule has 35 heavy (non-hydrogen) atoms. The minimum Gasteiger partial charge on any atom is -0.492 e. The molecule has 1 aliphatic rings. The van der Waals surface area contributed by atoms with E-state index >= 15 is 0 Å². The van der Waals surface area contributed by atoms with Crippen LogP contribution in [-0.2, 0) is 0 Å². The SMILES string of the molecule is CCCCCCOc1ccc(C(=O)NC(=S)Nc2ccccc2C(=O)N2CCC(C)CC2)cc1Br. The van der Waals surface area contributed by atoms with Crippen LogP contribution in [0, 0.1) is 5.92 Å². The van der Waals surface area contributed by atoms with Crippen molar-refractivity contribution < 1.29 is 14.3 Å². The summed E-state index contributed by atoms with van der Waals surface area (Å²) in [5.41, 5.74) is 1.57. The fourth-order valence-electron chi connectivity index (χ4n) is 3.96. The number of hydrogen-bond acceptors (Lipinski definition) is 4. The fraction of sp³-hybridized carbons (Fsp3) is 0.444. The van der Waals surface area contributed by atoms with Crippen molar-refractivity contribution in [3.8, 4) is 5.75 Å². The van der Waals surface area contributed by atoms with Gasteiger partial charge in [-0.3, -0.25) is 14.9 Å². The molecule has 2 aromatic rings. The molecule has 3 rings (SSSR count). The maximum atomic E-state index is 13.1. The molecule has 1 saturated heterocycles. The molecule has 1 heterocycles. The molecular formula is C27H34BrN3O3S. The number of nitrogens with one attached hydrogen (secondary N) is 2. The summed E-state index contributed by atoms with van der Waals surface area (Å²) in [4.78, 5) is 27.7. The zero-order valence-corrected chi connectivity index (χ0v) is 22.8. The Balaban J connectivity index is 1.57. The molecule has 0 spiro atoms. The molecular weight excluding hydrogens is 526 g/mol. The largest absolute Gasteiger partial charge is 0.492 e. The van der Waals surface area contributed by atoms with Crippen LogP contribution in [0.3, 0.4) is 0 Å². The summed E-state index contributed by atoms with van der Waals surface area (Å²) in [7, 11) is 0. The monoisotopic (exact) mass is 559 g/mol. The third-order valence-electron chi connectivity index (χ3n) is 6.15. The molecule has 0 saturated carbocycles. The van der Waals surface area contributed by atoms with E-state index in [2.05, 4.69) is 40.4 Å². The molecule has 2 N–H and O–H groups in total. The lowest BCUT2D eigenvalue weighted by Gasteiger charge is -2.30. The number of unbranched alkanes of at least 4 members (excludes halogenated alkanes) is 3. The maximum absolute atomic E-state index is 13.1. The van der Waals surface area contributed by atoms with Crippen LogP contribution in [0.4, 0.5) is 5.69 Å². The number of likely N-dealkylation sites (tertiary alicyclic amines) is 1. The number of nitrogens with zero attached hydrogens (tertiary/aromatic N) is 1. The highest BCUT2D eigenvalue weighted by atomic mass is 79.9. The second kappa shape index (κ2) is 13.6. The number of benzene rings is 2. The summed E-state index contributed by atoms with van der Waals surface area (Å²) in [6.07, 6.45) is 6.55. The molecule has 0 atom stereocenters. The van der Waals surface area contributed by atoms with Gasteiger partial charge in [0, 0.05) is 18.7 Å². The van der Waals surface area contributed by atoms with Gasteiger partial charge in [0.2, 0.25) is 0 Å². The first-order valence-electron chi connectivity index (χ1n) is 12.3. The number of ether oxygens (including phenoxy) is 1. The molecule has 0 bridgehead atoms. The summed E-state index contributed by atoms with van der Waals surface area (Å²) in [5, 5.41) is 5.86. The van der Waals surface area contributed by atoms with E-state index in [1.165, 1.54) is 12.8 Å². The predicted molar refractivity (Wildman–Crippen MR) is 148 cm³/mol. The highest BCUT2D eigenvalue weighted by Gasteiger charge is 2.23. The van der Waals surface area contributed by atoms with E-state index in [1.54, 1.807) is 30.3 Å².